The number of aryl methyl sites for hydroxylation is 1. The summed E-state index contributed by atoms with van der Waals surface area (Å²) in [4.78, 5) is 10.9. The first-order chi connectivity index (χ1) is 10.0. The van der Waals surface area contributed by atoms with Gasteiger partial charge in [-0.2, -0.15) is 0 Å². The van der Waals surface area contributed by atoms with E-state index in [1.165, 1.54) is 6.07 Å². The molecule has 0 unspecified atom stereocenters. The molecular weight excluding hydrogens is 292 g/mol. The number of carbonyl (C=O) groups is 1. The van der Waals surface area contributed by atoms with E-state index in [1.807, 2.05) is 0 Å². The molecule has 2 aromatic rings. The number of aromatic carboxylic acids is 1. The van der Waals surface area contributed by atoms with Crippen LogP contribution < -0.4 is 9.47 Å². The normalized spacial score (nSPS) is 10.2. The zero-order chi connectivity index (χ0) is 15.4. The monoisotopic (exact) mass is 306 g/mol. The van der Waals surface area contributed by atoms with Crippen molar-refractivity contribution in [3.63, 3.8) is 0 Å². The summed E-state index contributed by atoms with van der Waals surface area (Å²) in [5.74, 6) is 0.363. The van der Waals surface area contributed by atoms with Gasteiger partial charge in [0.05, 0.1) is 12.7 Å². The molecule has 2 aromatic carbocycles. The molecule has 110 valence electrons. The second-order valence-electron chi connectivity index (χ2n) is 4.53. The fraction of sp³-hybridized carbons (Fsp3) is 0.188. The topological polar surface area (TPSA) is 55.8 Å². The lowest BCUT2D eigenvalue weighted by Crippen LogP contribution is -2.02. The summed E-state index contributed by atoms with van der Waals surface area (Å²) in [6.07, 6.45) is 0. The number of benzene rings is 2. The van der Waals surface area contributed by atoms with Gasteiger partial charge in [0.15, 0.2) is 0 Å². The lowest BCUT2D eigenvalue weighted by Gasteiger charge is -2.12. The Kier molecular flexibility index (Phi) is 4.70. The van der Waals surface area contributed by atoms with Crippen LogP contribution in [-0.2, 0) is 6.61 Å². The third-order valence-electron chi connectivity index (χ3n) is 3.05. The van der Waals surface area contributed by atoms with Crippen LogP contribution in [0, 0.1) is 6.92 Å². The van der Waals surface area contributed by atoms with Crippen LogP contribution in [0.2, 0.25) is 5.02 Å². The van der Waals surface area contributed by atoms with E-state index in [2.05, 4.69) is 0 Å². The summed E-state index contributed by atoms with van der Waals surface area (Å²) in [6.45, 7) is 2.09. The molecule has 0 aliphatic rings. The molecule has 2 rings (SSSR count). The molecule has 0 fully saturated rings. The van der Waals surface area contributed by atoms with Crippen LogP contribution >= 0.6 is 11.6 Å². The van der Waals surface area contributed by atoms with E-state index in [-0.39, 0.29) is 12.2 Å². The highest BCUT2D eigenvalue weighted by atomic mass is 35.5. The number of hydrogen-bond acceptors (Lipinski definition) is 3. The summed E-state index contributed by atoms with van der Waals surface area (Å²) in [5.41, 5.74) is 1.82. The van der Waals surface area contributed by atoms with Gasteiger partial charge in [-0.15, -0.1) is 0 Å². The lowest BCUT2D eigenvalue weighted by molar-refractivity contribution is 0.0696. The van der Waals surface area contributed by atoms with E-state index >= 15 is 0 Å². The van der Waals surface area contributed by atoms with Gasteiger partial charge in [0, 0.05) is 10.6 Å². The van der Waals surface area contributed by atoms with Crippen LogP contribution in [0.15, 0.2) is 36.4 Å². The molecule has 0 spiro atoms. The summed E-state index contributed by atoms with van der Waals surface area (Å²) in [6, 6.07) is 10.0. The lowest BCUT2D eigenvalue weighted by atomic mass is 10.1. The van der Waals surface area contributed by atoms with E-state index in [1.54, 1.807) is 44.4 Å². The second kappa shape index (κ2) is 6.50. The Balaban J connectivity index is 2.17. The Bertz CT molecular complexity index is 667. The van der Waals surface area contributed by atoms with Crippen LogP contribution in [0.4, 0.5) is 0 Å². The maximum Gasteiger partial charge on any atom is 0.335 e. The van der Waals surface area contributed by atoms with Crippen molar-refractivity contribution >= 4 is 17.6 Å². The van der Waals surface area contributed by atoms with Crippen LogP contribution in [0.5, 0.6) is 11.5 Å². The number of methoxy groups -OCH3 is 1. The molecule has 0 bridgehead atoms. The highest BCUT2D eigenvalue weighted by Gasteiger charge is 2.09. The van der Waals surface area contributed by atoms with Gasteiger partial charge in [-0.1, -0.05) is 11.6 Å². The number of ether oxygens (including phenoxy) is 2. The van der Waals surface area contributed by atoms with Gasteiger partial charge in [-0.3, -0.25) is 0 Å². The van der Waals surface area contributed by atoms with Crippen molar-refractivity contribution in [3.8, 4) is 11.5 Å². The fourth-order valence-electron chi connectivity index (χ4n) is 1.96. The Morgan fingerprint density at radius 3 is 2.52 bits per heavy atom. The molecule has 0 aliphatic heterocycles. The third kappa shape index (κ3) is 3.67. The SMILES string of the molecule is COc1ccc(Cl)cc1COc1ccc(C(=O)O)cc1C. The van der Waals surface area contributed by atoms with Crippen molar-refractivity contribution in [1.82, 2.24) is 0 Å². The molecule has 5 heteroatoms. The molecule has 21 heavy (non-hydrogen) atoms. The maximum absolute atomic E-state index is 10.9. The molecule has 0 heterocycles. The van der Waals surface area contributed by atoms with Gasteiger partial charge in [-0.05, 0) is 48.9 Å². The predicted octanol–water partition coefficient (Wildman–Crippen LogP) is 3.93. The molecule has 0 saturated heterocycles. The third-order valence-corrected chi connectivity index (χ3v) is 3.28. The van der Waals surface area contributed by atoms with Gasteiger partial charge in [0.2, 0.25) is 0 Å². The van der Waals surface area contributed by atoms with E-state index < -0.39 is 5.97 Å². The molecule has 0 aromatic heterocycles. The molecule has 0 amide bonds. The van der Waals surface area contributed by atoms with E-state index in [9.17, 15) is 4.79 Å². The smallest absolute Gasteiger partial charge is 0.335 e. The van der Waals surface area contributed by atoms with Crippen LogP contribution in [0.25, 0.3) is 0 Å². The Morgan fingerprint density at radius 2 is 1.90 bits per heavy atom. The number of carboxylic acids is 1. The Morgan fingerprint density at radius 1 is 1.19 bits per heavy atom. The Labute approximate surface area is 127 Å². The van der Waals surface area contributed by atoms with Gasteiger partial charge in [0.25, 0.3) is 0 Å². The quantitative estimate of drug-likeness (QED) is 0.909. The van der Waals surface area contributed by atoms with E-state index in [0.29, 0.717) is 16.5 Å². The Hall–Kier alpha value is -2.20. The molecule has 0 atom stereocenters. The number of rotatable bonds is 5. The zero-order valence-electron chi connectivity index (χ0n) is 11.7. The van der Waals surface area contributed by atoms with Crippen molar-refractivity contribution < 1.29 is 19.4 Å². The largest absolute Gasteiger partial charge is 0.496 e. The van der Waals surface area contributed by atoms with Crippen molar-refractivity contribution in [3.05, 3.63) is 58.1 Å². The van der Waals surface area contributed by atoms with Gasteiger partial charge < -0.3 is 14.6 Å². The van der Waals surface area contributed by atoms with E-state index in [0.717, 1.165) is 11.1 Å². The molecule has 0 radical (unpaired) electrons. The van der Waals surface area contributed by atoms with Crippen LogP contribution in [0.3, 0.4) is 0 Å². The average Bonchev–Trinajstić information content (AvgIpc) is 2.46. The summed E-state index contributed by atoms with van der Waals surface area (Å²) in [5, 5.41) is 9.54. The standard InChI is InChI=1S/C16H15ClO4/c1-10-7-11(16(18)19)3-5-14(10)21-9-12-8-13(17)4-6-15(12)20-2/h3-8H,9H2,1-2H3,(H,18,19). The predicted molar refractivity (Wildman–Crippen MR) is 80.5 cm³/mol. The summed E-state index contributed by atoms with van der Waals surface area (Å²) >= 11 is 5.97. The zero-order valence-corrected chi connectivity index (χ0v) is 12.5. The van der Waals surface area contributed by atoms with Crippen molar-refractivity contribution in [2.75, 3.05) is 7.11 Å². The summed E-state index contributed by atoms with van der Waals surface area (Å²) in [7, 11) is 1.58. The van der Waals surface area contributed by atoms with Gasteiger partial charge in [0.1, 0.15) is 18.1 Å². The molecule has 0 saturated carbocycles. The van der Waals surface area contributed by atoms with Crippen molar-refractivity contribution in [2.24, 2.45) is 0 Å². The number of carboxylic acid groups (broad SMARTS) is 1. The molecule has 4 nitrogen and oxygen atoms in total. The minimum atomic E-state index is -0.957. The van der Waals surface area contributed by atoms with Gasteiger partial charge in [-0.25, -0.2) is 4.79 Å². The van der Waals surface area contributed by atoms with E-state index in [4.69, 9.17) is 26.2 Å². The first-order valence-corrected chi connectivity index (χ1v) is 6.68. The van der Waals surface area contributed by atoms with Crippen LogP contribution in [0.1, 0.15) is 21.5 Å². The molecular formula is C16H15ClO4. The van der Waals surface area contributed by atoms with Crippen molar-refractivity contribution in [2.45, 2.75) is 13.5 Å². The molecule has 0 aliphatic carbocycles. The highest BCUT2D eigenvalue weighted by Crippen LogP contribution is 2.26. The second-order valence-corrected chi connectivity index (χ2v) is 4.97. The minimum absolute atomic E-state index is 0.236. The van der Waals surface area contributed by atoms with Crippen LogP contribution in [-0.4, -0.2) is 18.2 Å². The fourth-order valence-corrected chi connectivity index (χ4v) is 2.15. The first kappa shape index (κ1) is 15.2. The first-order valence-electron chi connectivity index (χ1n) is 6.30. The average molecular weight is 307 g/mol. The minimum Gasteiger partial charge on any atom is -0.496 e. The van der Waals surface area contributed by atoms with Crippen molar-refractivity contribution in [1.29, 1.82) is 0 Å². The summed E-state index contributed by atoms with van der Waals surface area (Å²) < 4.78 is 11.0. The number of halogens is 1. The maximum atomic E-state index is 10.9. The number of hydrogen-bond donors (Lipinski definition) is 1. The highest BCUT2D eigenvalue weighted by molar-refractivity contribution is 6.30. The van der Waals surface area contributed by atoms with Gasteiger partial charge >= 0.3 is 5.97 Å². The molecule has 1 N–H and O–H groups in total.